The van der Waals surface area contributed by atoms with E-state index in [2.05, 4.69) is 4.72 Å². The Kier molecular flexibility index (Phi) is 15.8. The molecular formula is C48H51NO11S. The van der Waals surface area contributed by atoms with Crippen molar-refractivity contribution < 1.29 is 51.1 Å². The van der Waals surface area contributed by atoms with Crippen LogP contribution in [0.2, 0.25) is 0 Å². The van der Waals surface area contributed by atoms with E-state index in [9.17, 15) is 13.2 Å². The maximum Gasteiger partial charge on any atom is 0.303 e. The van der Waals surface area contributed by atoms with Crippen LogP contribution in [-0.4, -0.2) is 76.6 Å². The van der Waals surface area contributed by atoms with Gasteiger partial charge in [-0.3, -0.25) is 4.79 Å². The first kappa shape index (κ1) is 43.9. The lowest BCUT2D eigenvalue weighted by Gasteiger charge is -2.47. The van der Waals surface area contributed by atoms with Crippen LogP contribution in [-0.2, 0) is 79.1 Å². The summed E-state index contributed by atoms with van der Waals surface area (Å²) in [5.74, 6) is -0.616. The predicted octanol–water partition coefficient (Wildman–Crippen LogP) is 6.89. The quantitative estimate of drug-likeness (QED) is 0.0820. The molecule has 0 radical (unpaired) electrons. The molecule has 7 rings (SSSR count). The average molecular weight is 850 g/mol. The van der Waals surface area contributed by atoms with Crippen molar-refractivity contribution in [3.8, 4) is 0 Å². The summed E-state index contributed by atoms with van der Waals surface area (Å²) in [6.07, 6.45) is -3.65. The molecule has 0 amide bonds. The molecule has 61 heavy (non-hydrogen) atoms. The Morgan fingerprint density at radius 3 is 1.59 bits per heavy atom. The molecule has 1 N–H and O–H groups in total. The Morgan fingerprint density at radius 1 is 0.590 bits per heavy atom. The smallest absolute Gasteiger partial charge is 0.303 e. The minimum absolute atomic E-state index is 0.00751. The summed E-state index contributed by atoms with van der Waals surface area (Å²) < 4.78 is 82.8. The van der Waals surface area contributed by atoms with Gasteiger partial charge in [0.25, 0.3) is 0 Å². The fraction of sp³-hybridized carbons (Fsp3) is 0.312. The maximum atomic E-state index is 14.3. The van der Waals surface area contributed by atoms with Crippen molar-refractivity contribution in [2.45, 2.75) is 87.2 Å². The van der Waals surface area contributed by atoms with Gasteiger partial charge in [0.15, 0.2) is 18.5 Å². The number of hydrogen-bond acceptors (Lipinski definition) is 11. The van der Waals surface area contributed by atoms with E-state index in [0.29, 0.717) is 6.61 Å². The van der Waals surface area contributed by atoms with Gasteiger partial charge in [0, 0.05) is 6.92 Å². The second-order valence-corrected chi connectivity index (χ2v) is 16.4. The topological polar surface area (TPSA) is 137 Å². The van der Waals surface area contributed by atoms with Gasteiger partial charge in [-0.05, 0) is 40.5 Å². The summed E-state index contributed by atoms with van der Waals surface area (Å²) >= 11 is 0. The van der Waals surface area contributed by atoms with Crippen molar-refractivity contribution in [1.82, 2.24) is 4.72 Å². The summed E-state index contributed by atoms with van der Waals surface area (Å²) in [6.45, 7) is 2.15. The first-order valence-electron chi connectivity index (χ1n) is 20.2. The van der Waals surface area contributed by atoms with Gasteiger partial charge in [0.2, 0.25) is 10.0 Å². The van der Waals surface area contributed by atoms with E-state index in [1.165, 1.54) is 19.1 Å². The maximum absolute atomic E-state index is 14.3. The van der Waals surface area contributed by atoms with Crippen LogP contribution in [0.1, 0.15) is 29.2 Å². The van der Waals surface area contributed by atoms with E-state index < -0.39 is 64.9 Å². The molecule has 2 aliphatic heterocycles. The summed E-state index contributed by atoms with van der Waals surface area (Å²) in [6, 6.07) is 45.2. The number of ether oxygens (including phenoxy) is 8. The van der Waals surface area contributed by atoms with Crippen molar-refractivity contribution in [3.05, 3.63) is 186 Å². The van der Waals surface area contributed by atoms with Crippen LogP contribution in [0.15, 0.2) is 169 Å². The number of carbonyl (C=O) groups excluding carboxylic acids is 1. The Labute approximate surface area is 357 Å². The van der Waals surface area contributed by atoms with Gasteiger partial charge in [0.1, 0.15) is 30.5 Å². The number of benzene rings is 5. The molecule has 5 aromatic carbocycles. The van der Waals surface area contributed by atoms with Crippen LogP contribution in [0, 0.1) is 0 Å². The third-order valence-corrected chi connectivity index (χ3v) is 11.6. The number of carbonyl (C=O) groups is 1. The van der Waals surface area contributed by atoms with Gasteiger partial charge < -0.3 is 37.9 Å². The van der Waals surface area contributed by atoms with Gasteiger partial charge in [-0.15, -0.1) is 0 Å². The zero-order chi connectivity index (χ0) is 42.3. The van der Waals surface area contributed by atoms with E-state index in [1.54, 1.807) is 30.5 Å². The summed E-state index contributed by atoms with van der Waals surface area (Å²) in [7, 11) is -4.25. The number of nitrogens with one attached hydrogen (secondary N) is 1. The predicted molar refractivity (Wildman–Crippen MR) is 226 cm³/mol. The minimum Gasteiger partial charge on any atom is -0.493 e. The molecule has 5 aromatic rings. The van der Waals surface area contributed by atoms with Crippen molar-refractivity contribution >= 4 is 16.0 Å². The molecular weight excluding hydrogens is 799 g/mol. The molecule has 8 atom stereocenters. The molecule has 0 aliphatic carbocycles. The van der Waals surface area contributed by atoms with E-state index in [4.69, 9.17) is 37.9 Å². The Hall–Kier alpha value is -5.22. The molecule has 320 valence electrons. The van der Waals surface area contributed by atoms with Crippen molar-refractivity contribution in [3.63, 3.8) is 0 Å². The van der Waals surface area contributed by atoms with Crippen LogP contribution in [0.25, 0.3) is 0 Å². The lowest BCUT2D eigenvalue weighted by molar-refractivity contribution is -0.308. The molecule has 0 unspecified atom stereocenters. The van der Waals surface area contributed by atoms with Crippen LogP contribution < -0.4 is 4.72 Å². The highest BCUT2D eigenvalue weighted by molar-refractivity contribution is 7.89. The summed E-state index contributed by atoms with van der Waals surface area (Å²) in [5, 5.41) is 0. The van der Waals surface area contributed by atoms with Gasteiger partial charge >= 0.3 is 5.97 Å². The molecule has 12 nitrogen and oxygen atoms in total. The number of hydrogen-bond donors (Lipinski definition) is 1. The van der Waals surface area contributed by atoms with Gasteiger partial charge in [0.05, 0.1) is 50.8 Å². The molecule has 0 aromatic heterocycles. The van der Waals surface area contributed by atoms with Crippen molar-refractivity contribution in [2.24, 2.45) is 0 Å². The Bertz CT molecular complexity index is 2200. The highest BCUT2D eigenvalue weighted by Crippen LogP contribution is 2.33. The van der Waals surface area contributed by atoms with Gasteiger partial charge in [-0.2, -0.15) is 0 Å². The van der Waals surface area contributed by atoms with Gasteiger partial charge in [-0.25, -0.2) is 13.1 Å². The third-order valence-electron chi connectivity index (χ3n) is 10.2. The SMILES string of the molecule is CC(=O)O[C@H]1[C@H](OCc2ccccc2)[C@@H](NS(=O)(=O)c2ccccc2)[C@H](O[C@H]2[C@H](OCc3ccccc3)C=CO[C@@H]2COCc2ccccc2)O[C@@H]1COCc1ccccc1. The minimum atomic E-state index is -4.25. The molecule has 1 fully saturated rings. The van der Waals surface area contributed by atoms with Crippen LogP contribution in [0.3, 0.4) is 0 Å². The zero-order valence-electron chi connectivity index (χ0n) is 33.8. The lowest BCUT2D eigenvalue weighted by Crippen LogP contribution is -2.67. The monoisotopic (exact) mass is 849 g/mol. The first-order valence-corrected chi connectivity index (χ1v) is 21.7. The van der Waals surface area contributed by atoms with E-state index in [0.717, 1.165) is 22.3 Å². The summed E-state index contributed by atoms with van der Waals surface area (Å²) in [4.78, 5) is 12.9. The third kappa shape index (κ3) is 12.7. The fourth-order valence-electron chi connectivity index (χ4n) is 7.15. The van der Waals surface area contributed by atoms with Gasteiger partial charge in [-0.1, -0.05) is 140 Å². The molecule has 1 saturated heterocycles. The van der Waals surface area contributed by atoms with E-state index in [-0.39, 0.29) is 37.9 Å². The lowest BCUT2D eigenvalue weighted by atomic mass is 9.96. The molecule has 0 spiro atoms. The standard InChI is InChI=1S/C48H51NO11S/c1-35(50)58-46-43(34-54-30-37-19-9-3-10-20-37)59-48(44(47(46)57-32-39-23-13-5-14-24-39)49-61(51,52)40-25-15-6-16-26-40)60-45-41(56-31-38-21-11-4-12-22-38)27-28-55-42(45)33-53-29-36-17-7-2-8-18-36/h2-28,41-49H,29-34H2,1H3/t41-,42-,43-,44-,45+,46-,47-,48+/m1/s1. The molecule has 2 heterocycles. The second-order valence-electron chi connectivity index (χ2n) is 14.7. The molecule has 0 bridgehead atoms. The number of rotatable bonds is 20. The van der Waals surface area contributed by atoms with E-state index in [1.807, 2.05) is 121 Å². The molecule has 2 aliphatic rings. The highest BCUT2D eigenvalue weighted by Gasteiger charge is 2.52. The first-order chi connectivity index (χ1) is 29.8. The van der Waals surface area contributed by atoms with Crippen LogP contribution in [0.5, 0.6) is 0 Å². The van der Waals surface area contributed by atoms with E-state index >= 15 is 0 Å². The number of sulfonamides is 1. The second kappa shape index (κ2) is 22.0. The normalized spacial score (nSPS) is 23.8. The Morgan fingerprint density at radius 2 is 1.07 bits per heavy atom. The highest BCUT2D eigenvalue weighted by atomic mass is 32.2. The zero-order valence-corrected chi connectivity index (χ0v) is 34.7. The molecule has 13 heteroatoms. The largest absolute Gasteiger partial charge is 0.493 e. The fourth-order valence-corrected chi connectivity index (χ4v) is 8.41. The van der Waals surface area contributed by atoms with Crippen molar-refractivity contribution in [2.75, 3.05) is 13.2 Å². The average Bonchev–Trinajstić information content (AvgIpc) is 3.29. The van der Waals surface area contributed by atoms with Crippen molar-refractivity contribution in [1.29, 1.82) is 0 Å². The number of esters is 1. The van der Waals surface area contributed by atoms with Crippen LogP contribution >= 0.6 is 0 Å². The Balaban J connectivity index is 1.25. The van der Waals surface area contributed by atoms with Crippen LogP contribution in [0.4, 0.5) is 0 Å². The summed E-state index contributed by atoms with van der Waals surface area (Å²) in [5.41, 5.74) is 3.64. The molecule has 0 saturated carbocycles.